The second-order valence-corrected chi connectivity index (χ2v) is 9.33. The number of nitrogens with one attached hydrogen (secondary N) is 1. The minimum absolute atomic E-state index is 0.100. The van der Waals surface area contributed by atoms with Crippen LogP contribution in [0.5, 0.6) is 0 Å². The molecule has 1 N–H and O–H groups in total. The molecule has 0 saturated carbocycles. The Labute approximate surface area is 159 Å². The topological polar surface area (TPSA) is 65.9 Å². The zero-order chi connectivity index (χ0) is 18.9. The SMILES string of the molecule is Cc1cc(C(=O)N2CCOC3(CCN(C(=N)OC(C)(C)C)CC3)C2)cs1. The third-order valence-corrected chi connectivity index (χ3v) is 5.74. The van der Waals surface area contributed by atoms with Crippen LogP contribution < -0.4 is 0 Å². The van der Waals surface area contributed by atoms with Crippen LogP contribution in [0.2, 0.25) is 0 Å². The van der Waals surface area contributed by atoms with Crippen molar-refractivity contribution >= 4 is 23.3 Å². The molecule has 1 amide bonds. The van der Waals surface area contributed by atoms with E-state index in [1.165, 1.54) is 0 Å². The molecular weight excluding hydrogens is 350 g/mol. The number of aryl methyl sites for hydroxylation is 1. The van der Waals surface area contributed by atoms with Gasteiger partial charge in [0.15, 0.2) is 0 Å². The van der Waals surface area contributed by atoms with Crippen molar-refractivity contribution in [2.75, 3.05) is 32.8 Å². The van der Waals surface area contributed by atoms with E-state index in [4.69, 9.17) is 14.9 Å². The minimum atomic E-state index is -0.366. The Morgan fingerprint density at radius 2 is 1.96 bits per heavy atom. The van der Waals surface area contributed by atoms with Crippen molar-refractivity contribution in [3.8, 4) is 0 Å². The summed E-state index contributed by atoms with van der Waals surface area (Å²) >= 11 is 1.61. The predicted molar refractivity (Wildman–Crippen MR) is 103 cm³/mol. The highest BCUT2D eigenvalue weighted by Gasteiger charge is 2.42. The summed E-state index contributed by atoms with van der Waals surface area (Å²) in [7, 11) is 0. The van der Waals surface area contributed by atoms with Crippen LogP contribution in [0.4, 0.5) is 0 Å². The van der Waals surface area contributed by atoms with Gasteiger partial charge in [-0.05, 0) is 46.6 Å². The average molecular weight is 380 g/mol. The van der Waals surface area contributed by atoms with E-state index in [0.717, 1.165) is 23.3 Å². The fraction of sp³-hybridized carbons (Fsp3) is 0.684. The van der Waals surface area contributed by atoms with Gasteiger partial charge in [0.2, 0.25) is 0 Å². The molecule has 0 aliphatic carbocycles. The van der Waals surface area contributed by atoms with Crippen LogP contribution in [0.25, 0.3) is 0 Å². The van der Waals surface area contributed by atoms with Crippen molar-refractivity contribution < 1.29 is 14.3 Å². The van der Waals surface area contributed by atoms with Gasteiger partial charge < -0.3 is 19.3 Å². The van der Waals surface area contributed by atoms with Gasteiger partial charge in [0.1, 0.15) is 5.60 Å². The first-order valence-electron chi connectivity index (χ1n) is 9.18. The maximum absolute atomic E-state index is 12.8. The summed E-state index contributed by atoms with van der Waals surface area (Å²) in [6.07, 6.45) is 1.60. The predicted octanol–water partition coefficient (Wildman–Crippen LogP) is 3.11. The lowest BCUT2D eigenvalue weighted by atomic mass is 9.89. The van der Waals surface area contributed by atoms with E-state index < -0.39 is 0 Å². The molecule has 0 bridgehead atoms. The second-order valence-electron chi connectivity index (χ2n) is 8.21. The van der Waals surface area contributed by atoms with Crippen LogP contribution in [-0.2, 0) is 9.47 Å². The standard InChI is InChI=1S/C19H29N3O3S/c1-14-11-15(12-26-14)16(23)22-9-10-24-19(13-22)5-7-21(8-6-19)17(20)25-18(2,3)4/h11-12,20H,5-10,13H2,1-4H3. The molecule has 1 spiro atoms. The molecule has 6 nitrogen and oxygen atoms in total. The molecule has 0 aromatic carbocycles. The number of carbonyl (C=O) groups excluding carboxylic acids is 1. The molecule has 3 heterocycles. The Balaban J connectivity index is 1.60. The monoisotopic (exact) mass is 379 g/mol. The van der Waals surface area contributed by atoms with Crippen LogP contribution in [0.1, 0.15) is 48.8 Å². The van der Waals surface area contributed by atoms with Crippen LogP contribution in [0.15, 0.2) is 11.4 Å². The highest BCUT2D eigenvalue weighted by molar-refractivity contribution is 7.10. The number of hydrogen-bond acceptors (Lipinski definition) is 5. The van der Waals surface area contributed by atoms with E-state index in [-0.39, 0.29) is 23.1 Å². The molecule has 0 atom stereocenters. The molecular formula is C19H29N3O3S. The Morgan fingerprint density at radius 1 is 1.27 bits per heavy atom. The number of likely N-dealkylation sites (tertiary alicyclic amines) is 1. The Kier molecular flexibility index (Phi) is 5.30. The fourth-order valence-corrected chi connectivity index (χ4v) is 4.21. The lowest BCUT2D eigenvalue weighted by molar-refractivity contribution is -0.124. The molecule has 0 unspecified atom stereocenters. The zero-order valence-corrected chi connectivity index (χ0v) is 16.9. The van der Waals surface area contributed by atoms with Crippen molar-refractivity contribution in [3.63, 3.8) is 0 Å². The lowest BCUT2D eigenvalue weighted by Gasteiger charge is -2.47. The third kappa shape index (κ3) is 4.38. The molecule has 2 saturated heterocycles. The normalized spacial score (nSPS) is 20.3. The number of carbonyl (C=O) groups is 1. The van der Waals surface area contributed by atoms with Gasteiger partial charge in [-0.3, -0.25) is 10.2 Å². The largest absolute Gasteiger partial charge is 0.460 e. The first-order chi connectivity index (χ1) is 12.2. The number of nitrogens with zero attached hydrogens (tertiary/aromatic N) is 2. The number of piperidine rings is 1. The quantitative estimate of drug-likeness (QED) is 0.601. The summed E-state index contributed by atoms with van der Waals surface area (Å²) in [6.45, 7) is 11.1. The van der Waals surface area contributed by atoms with Gasteiger partial charge in [-0.25, -0.2) is 0 Å². The van der Waals surface area contributed by atoms with E-state index in [2.05, 4.69) is 0 Å². The average Bonchev–Trinajstić information content (AvgIpc) is 3.00. The Hall–Kier alpha value is -1.60. The van der Waals surface area contributed by atoms with Gasteiger partial charge in [-0.2, -0.15) is 0 Å². The molecule has 2 aliphatic rings. The summed E-state index contributed by atoms with van der Waals surface area (Å²) in [6, 6.07) is 2.19. The maximum atomic E-state index is 12.8. The first-order valence-corrected chi connectivity index (χ1v) is 10.1. The van der Waals surface area contributed by atoms with Crippen LogP contribution in [0.3, 0.4) is 0 Å². The number of ether oxygens (including phenoxy) is 2. The molecule has 2 fully saturated rings. The number of thiophene rings is 1. The Bertz CT molecular complexity index is 672. The summed E-state index contributed by atoms with van der Waals surface area (Å²) < 4.78 is 11.8. The second kappa shape index (κ2) is 7.19. The molecule has 1 aromatic heterocycles. The first kappa shape index (κ1) is 19.2. The number of amides is 1. The third-order valence-electron chi connectivity index (χ3n) is 4.88. The van der Waals surface area contributed by atoms with E-state index in [9.17, 15) is 4.79 Å². The highest BCUT2D eigenvalue weighted by Crippen LogP contribution is 2.31. The van der Waals surface area contributed by atoms with Crippen LogP contribution in [-0.4, -0.2) is 65.7 Å². The molecule has 7 heteroatoms. The number of hydrogen-bond donors (Lipinski definition) is 1. The van der Waals surface area contributed by atoms with Crippen molar-refractivity contribution in [3.05, 3.63) is 21.9 Å². The van der Waals surface area contributed by atoms with Gasteiger partial charge in [0.05, 0.1) is 24.3 Å². The van der Waals surface area contributed by atoms with Crippen LogP contribution in [0, 0.1) is 12.3 Å². The van der Waals surface area contributed by atoms with Crippen LogP contribution >= 0.6 is 11.3 Å². The number of amidine groups is 1. The van der Waals surface area contributed by atoms with E-state index in [0.29, 0.717) is 32.8 Å². The van der Waals surface area contributed by atoms with Crippen molar-refractivity contribution in [2.24, 2.45) is 0 Å². The highest BCUT2D eigenvalue weighted by atomic mass is 32.1. The van der Waals surface area contributed by atoms with Gasteiger partial charge in [0.25, 0.3) is 11.9 Å². The van der Waals surface area contributed by atoms with Crippen molar-refractivity contribution in [1.29, 1.82) is 5.41 Å². The molecule has 3 rings (SSSR count). The van der Waals surface area contributed by atoms with Gasteiger partial charge >= 0.3 is 0 Å². The lowest BCUT2D eigenvalue weighted by Crippen LogP contribution is -2.58. The smallest absolute Gasteiger partial charge is 0.284 e. The summed E-state index contributed by atoms with van der Waals surface area (Å²) in [5, 5.41) is 10.1. The number of rotatable bonds is 1. The maximum Gasteiger partial charge on any atom is 0.284 e. The van der Waals surface area contributed by atoms with Gasteiger partial charge in [-0.1, -0.05) is 0 Å². The molecule has 26 heavy (non-hydrogen) atoms. The summed E-state index contributed by atoms with van der Waals surface area (Å²) in [5.41, 5.74) is 0.120. The van der Waals surface area contributed by atoms with E-state index in [1.54, 1.807) is 11.3 Å². The van der Waals surface area contributed by atoms with Crippen molar-refractivity contribution in [2.45, 2.75) is 51.7 Å². The fourth-order valence-electron chi connectivity index (χ4n) is 3.53. The molecule has 2 aliphatic heterocycles. The van der Waals surface area contributed by atoms with Gasteiger partial charge in [-0.15, -0.1) is 11.3 Å². The van der Waals surface area contributed by atoms with Gasteiger partial charge in [0, 0.05) is 29.9 Å². The minimum Gasteiger partial charge on any atom is -0.460 e. The molecule has 0 radical (unpaired) electrons. The zero-order valence-electron chi connectivity index (χ0n) is 16.1. The van der Waals surface area contributed by atoms with E-state index in [1.807, 2.05) is 48.9 Å². The molecule has 144 valence electrons. The summed E-state index contributed by atoms with van der Waals surface area (Å²) in [5.74, 6) is 0.100. The van der Waals surface area contributed by atoms with Crippen molar-refractivity contribution in [1.82, 2.24) is 9.80 Å². The summed E-state index contributed by atoms with van der Waals surface area (Å²) in [4.78, 5) is 17.8. The Morgan fingerprint density at radius 3 is 2.54 bits per heavy atom. The number of morpholine rings is 1. The molecule has 1 aromatic rings. The van der Waals surface area contributed by atoms with E-state index >= 15 is 0 Å².